The number of carboxylic acid groups (broad SMARTS) is 1. The van der Waals surface area contributed by atoms with Crippen molar-refractivity contribution in [3.8, 4) is 21.8 Å². The maximum Gasteiger partial charge on any atom is 0.404 e. The molecular formula is C26H34FN7O4S2. The number of benzene rings is 1. The summed E-state index contributed by atoms with van der Waals surface area (Å²) in [4.78, 5) is 25.1. The summed E-state index contributed by atoms with van der Waals surface area (Å²) in [6.07, 6.45) is 2.94. The SMILES string of the molecule is C[C@@H](CNc1nccc(-c2sc(C(C)(C)C)nc2-c2cccc(NS(=O)(=O)N3CCCCC3)c2F)n1)NC(=O)O. The third kappa shape index (κ3) is 7.04. The van der Waals surface area contributed by atoms with Crippen molar-refractivity contribution in [2.24, 2.45) is 0 Å². The van der Waals surface area contributed by atoms with Crippen LogP contribution in [0.5, 0.6) is 0 Å². The van der Waals surface area contributed by atoms with Crippen LogP contribution in [0.2, 0.25) is 0 Å². The molecule has 40 heavy (non-hydrogen) atoms. The standard InChI is InChI=1S/C26H34FN7O4S2/c1-16(30-25(35)36)15-29-24-28-12-11-19(31-24)22-21(32-23(39-22)26(2,3)4)17-9-8-10-18(20(17)27)33-40(37,38)34-13-6-5-7-14-34/h8-12,16,30,33H,5-7,13-15H2,1-4H3,(H,35,36)(H,28,29,31)/t16-/m0/s1. The van der Waals surface area contributed by atoms with Gasteiger partial charge < -0.3 is 15.7 Å². The molecule has 0 radical (unpaired) electrons. The fourth-order valence-corrected chi connectivity index (χ4v) is 6.59. The first-order valence-electron chi connectivity index (χ1n) is 13.0. The van der Waals surface area contributed by atoms with Gasteiger partial charge in [-0.15, -0.1) is 11.3 Å². The van der Waals surface area contributed by atoms with Crippen LogP contribution in [0.4, 0.5) is 20.8 Å². The van der Waals surface area contributed by atoms with Gasteiger partial charge in [0.1, 0.15) is 0 Å². The molecule has 0 unspecified atom stereocenters. The number of nitrogens with one attached hydrogen (secondary N) is 3. The van der Waals surface area contributed by atoms with E-state index in [0.29, 0.717) is 29.4 Å². The zero-order valence-electron chi connectivity index (χ0n) is 22.9. The normalized spacial score (nSPS) is 15.4. The average molecular weight is 592 g/mol. The highest BCUT2D eigenvalue weighted by Crippen LogP contribution is 2.42. The molecule has 0 aliphatic carbocycles. The fourth-order valence-electron chi connectivity index (χ4n) is 4.18. The summed E-state index contributed by atoms with van der Waals surface area (Å²) in [6.45, 7) is 8.77. The van der Waals surface area contributed by atoms with Crippen LogP contribution in [-0.4, -0.2) is 64.6 Å². The van der Waals surface area contributed by atoms with Crippen molar-refractivity contribution in [2.75, 3.05) is 29.7 Å². The molecule has 3 aromatic rings. The number of aromatic nitrogens is 3. The van der Waals surface area contributed by atoms with E-state index in [-0.39, 0.29) is 35.2 Å². The van der Waals surface area contributed by atoms with Gasteiger partial charge in [0.15, 0.2) is 5.82 Å². The highest BCUT2D eigenvalue weighted by molar-refractivity contribution is 7.90. The number of halogens is 1. The van der Waals surface area contributed by atoms with E-state index >= 15 is 4.39 Å². The molecule has 1 amide bonds. The van der Waals surface area contributed by atoms with Gasteiger partial charge in [-0.2, -0.15) is 12.7 Å². The summed E-state index contributed by atoms with van der Waals surface area (Å²) in [5.74, 6) is -0.451. The molecule has 0 spiro atoms. The average Bonchev–Trinajstić information content (AvgIpc) is 3.35. The molecule has 11 nitrogen and oxygen atoms in total. The molecule has 4 rings (SSSR count). The minimum Gasteiger partial charge on any atom is -0.465 e. The quantitative estimate of drug-likeness (QED) is 0.274. The maximum absolute atomic E-state index is 16.0. The van der Waals surface area contributed by atoms with E-state index in [4.69, 9.17) is 10.1 Å². The third-order valence-electron chi connectivity index (χ3n) is 6.24. The number of rotatable bonds is 9. The molecule has 1 aromatic carbocycles. The van der Waals surface area contributed by atoms with E-state index < -0.39 is 22.1 Å². The zero-order valence-corrected chi connectivity index (χ0v) is 24.5. The summed E-state index contributed by atoms with van der Waals surface area (Å²) in [6, 6.07) is 5.86. The maximum atomic E-state index is 16.0. The number of thiazole rings is 1. The molecule has 1 atom stereocenters. The topological polar surface area (TPSA) is 149 Å². The van der Waals surface area contributed by atoms with Gasteiger partial charge in [-0.3, -0.25) is 4.72 Å². The van der Waals surface area contributed by atoms with E-state index in [1.807, 2.05) is 20.8 Å². The van der Waals surface area contributed by atoms with Crippen molar-refractivity contribution < 1.29 is 22.7 Å². The van der Waals surface area contributed by atoms with E-state index in [0.717, 1.165) is 24.3 Å². The fraction of sp³-hybridized carbons (Fsp3) is 0.462. The lowest BCUT2D eigenvalue weighted by molar-refractivity contribution is 0.191. The molecule has 1 aliphatic rings. The molecule has 4 N–H and O–H groups in total. The van der Waals surface area contributed by atoms with Crippen LogP contribution in [-0.2, 0) is 15.6 Å². The molecule has 3 heterocycles. The summed E-state index contributed by atoms with van der Waals surface area (Å²) in [5.41, 5.74) is 0.500. The van der Waals surface area contributed by atoms with Crippen molar-refractivity contribution >= 4 is 39.3 Å². The smallest absolute Gasteiger partial charge is 0.404 e. The molecule has 0 bridgehead atoms. The Kier molecular flexibility index (Phi) is 8.90. The number of hydrogen-bond acceptors (Lipinski definition) is 8. The molecule has 14 heteroatoms. The lowest BCUT2D eigenvalue weighted by atomic mass is 9.98. The van der Waals surface area contributed by atoms with Gasteiger partial charge in [-0.1, -0.05) is 33.3 Å². The van der Waals surface area contributed by atoms with Crippen LogP contribution in [0.25, 0.3) is 21.8 Å². The zero-order chi connectivity index (χ0) is 29.1. The van der Waals surface area contributed by atoms with Crippen molar-refractivity contribution in [3.05, 3.63) is 41.3 Å². The van der Waals surface area contributed by atoms with Gasteiger partial charge in [0.25, 0.3) is 0 Å². The number of anilines is 2. The van der Waals surface area contributed by atoms with Crippen LogP contribution in [0.3, 0.4) is 0 Å². The van der Waals surface area contributed by atoms with Gasteiger partial charge >= 0.3 is 16.3 Å². The Hall–Kier alpha value is -3.36. The van der Waals surface area contributed by atoms with Gasteiger partial charge in [0, 0.05) is 42.9 Å². The number of hydrogen-bond donors (Lipinski definition) is 4. The van der Waals surface area contributed by atoms with Crippen LogP contribution < -0.4 is 15.4 Å². The second kappa shape index (κ2) is 12.0. The number of nitrogens with zero attached hydrogens (tertiary/aromatic N) is 4. The Morgan fingerprint density at radius 1 is 1.18 bits per heavy atom. The van der Waals surface area contributed by atoms with E-state index in [1.54, 1.807) is 31.3 Å². The largest absolute Gasteiger partial charge is 0.465 e. The minimum atomic E-state index is -3.91. The highest BCUT2D eigenvalue weighted by atomic mass is 32.2. The third-order valence-corrected chi connectivity index (χ3v) is 9.27. The Bertz CT molecular complexity index is 1470. The molecule has 1 saturated heterocycles. The number of amides is 1. The first-order chi connectivity index (χ1) is 18.8. The first kappa shape index (κ1) is 29.6. The van der Waals surface area contributed by atoms with Gasteiger partial charge in [-0.25, -0.2) is 24.1 Å². The molecule has 0 saturated carbocycles. The van der Waals surface area contributed by atoms with E-state index in [1.165, 1.54) is 21.7 Å². The Balaban J connectivity index is 1.70. The number of piperidine rings is 1. The Morgan fingerprint density at radius 2 is 1.90 bits per heavy atom. The van der Waals surface area contributed by atoms with Gasteiger partial charge in [0.05, 0.1) is 27.0 Å². The summed E-state index contributed by atoms with van der Waals surface area (Å²) >= 11 is 1.37. The molecule has 1 aliphatic heterocycles. The molecule has 2 aromatic heterocycles. The summed E-state index contributed by atoms with van der Waals surface area (Å²) in [7, 11) is -3.91. The van der Waals surface area contributed by atoms with Crippen molar-refractivity contribution in [1.29, 1.82) is 0 Å². The van der Waals surface area contributed by atoms with Crippen LogP contribution in [0.15, 0.2) is 30.5 Å². The first-order valence-corrected chi connectivity index (χ1v) is 15.3. The molecular weight excluding hydrogens is 557 g/mol. The van der Waals surface area contributed by atoms with Gasteiger partial charge in [-0.05, 0) is 38.0 Å². The lowest BCUT2D eigenvalue weighted by Gasteiger charge is -2.26. The minimum absolute atomic E-state index is 0.146. The van der Waals surface area contributed by atoms with Crippen LogP contribution >= 0.6 is 11.3 Å². The van der Waals surface area contributed by atoms with Crippen LogP contribution in [0, 0.1) is 5.82 Å². The monoisotopic (exact) mass is 591 g/mol. The summed E-state index contributed by atoms with van der Waals surface area (Å²) < 4.78 is 45.7. The lowest BCUT2D eigenvalue weighted by Crippen LogP contribution is -2.39. The number of carbonyl (C=O) groups is 1. The molecule has 1 fully saturated rings. The molecule has 216 valence electrons. The van der Waals surface area contributed by atoms with Crippen molar-refractivity contribution in [3.63, 3.8) is 0 Å². The Morgan fingerprint density at radius 3 is 2.58 bits per heavy atom. The predicted octanol–water partition coefficient (Wildman–Crippen LogP) is 4.91. The second-order valence-corrected chi connectivity index (χ2v) is 13.3. The summed E-state index contributed by atoms with van der Waals surface area (Å²) in [5, 5.41) is 15.0. The Labute approximate surface area is 237 Å². The van der Waals surface area contributed by atoms with Gasteiger partial charge in [0.2, 0.25) is 5.95 Å². The van der Waals surface area contributed by atoms with Crippen molar-refractivity contribution in [2.45, 2.75) is 58.4 Å². The van der Waals surface area contributed by atoms with E-state index in [9.17, 15) is 13.2 Å². The van der Waals surface area contributed by atoms with E-state index in [2.05, 4.69) is 25.3 Å². The predicted molar refractivity (Wildman–Crippen MR) is 154 cm³/mol. The second-order valence-electron chi connectivity index (χ2n) is 10.7. The van der Waals surface area contributed by atoms with Crippen molar-refractivity contribution in [1.82, 2.24) is 24.6 Å². The highest BCUT2D eigenvalue weighted by Gasteiger charge is 2.28. The van der Waals surface area contributed by atoms with Crippen LogP contribution in [0.1, 0.15) is 52.0 Å².